The highest BCUT2D eigenvalue weighted by Crippen LogP contribution is 2.23. The van der Waals surface area contributed by atoms with Crippen LogP contribution in [0.2, 0.25) is 0 Å². The fourth-order valence-electron chi connectivity index (χ4n) is 2.45. The summed E-state index contributed by atoms with van der Waals surface area (Å²) in [6.45, 7) is 3.97. The van der Waals surface area contributed by atoms with Gasteiger partial charge >= 0.3 is 6.09 Å². The number of hydrogen-bond acceptors (Lipinski definition) is 5. The largest absolute Gasteiger partial charge is 0.450 e. The van der Waals surface area contributed by atoms with E-state index in [9.17, 15) is 9.59 Å². The maximum Gasteiger partial charge on any atom is 0.411 e. The number of benzene rings is 2. The highest BCUT2D eigenvalue weighted by Gasteiger charge is 2.09. The second-order valence-corrected chi connectivity index (χ2v) is 6.77. The number of amides is 2. The van der Waals surface area contributed by atoms with E-state index >= 15 is 0 Å². The number of carbonyl (C=O) groups is 2. The predicted molar refractivity (Wildman–Crippen MR) is 107 cm³/mol. The smallest absolute Gasteiger partial charge is 0.411 e. The summed E-state index contributed by atoms with van der Waals surface area (Å²) in [5.74, 6) is -0.264. The van der Waals surface area contributed by atoms with Gasteiger partial charge in [-0.3, -0.25) is 10.1 Å². The molecular formula is C20H19N3O3S. The first-order valence-corrected chi connectivity index (χ1v) is 9.31. The molecule has 138 valence electrons. The van der Waals surface area contributed by atoms with Gasteiger partial charge in [-0.15, -0.1) is 11.3 Å². The monoisotopic (exact) mass is 381 g/mol. The Morgan fingerprint density at radius 3 is 2.52 bits per heavy atom. The van der Waals surface area contributed by atoms with Gasteiger partial charge in [-0.25, -0.2) is 9.78 Å². The molecule has 0 fully saturated rings. The van der Waals surface area contributed by atoms with E-state index in [2.05, 4.69) is 15.6 Å². The summed E-state index contributed by atoms with van der Waals surface area (Å²) in [5.41, 5.74) is 3.53. The molecule has 27 heavy (non-hydrogen) atoms. The van der Waals surface area contributed by atoms with Crippen LogP contribution in [0, 0.1) is 6.92 Å². The number of anilines is 2. The van der Waals surface area contributed by atoms with Gasteiger partial charge in [0, 0.05) is 27.9 Å². The van der Waals surface area contributed by atoms with Crippen molar-refractivity contribution < 1.29 is 14.3 Å². The summed E-state index contributed by atoms with van der Waals surface area (Å²) < 4.78 is 4.84. The van der Waals surface area contributed by atoms with Crippen molar-refractivity contribution >= 4 is 34.7 Å². The van der Waals surface area contributed by atoms with E-state index in [1.165, 1.54) is 0 Å². The molecule has 1 heterocycles. The second-order valence-electron chi connectivity index (χ2n) is 5.71. The van der Waals surface area contributed by atoms with Crippen LogP contribution in [-0.4, -0.2) is 23.6 Å². The van der Waals surface area contributed by atoms with Crippen molar-refractivity contribution in [2.75, 3.05) is 17.2 Å². The van der Waals surface area contributed by atoms with Crippen molar-refractivity contribution in [2.45, 2.75) is 13.8 Å². The molecule has 0 saturated heterocycles. The van der Waals surface area contributed by atoms with Gasteiger partial charge in [0.1, 0.15) is 0 Å². The number of ether oxygens (including phenoxy) is 1. The fraction of sp³-hybridized carbons (Fsp3) is 0.150. The Bertz CT molecular complexity index is 951. The molecular weight excluding hydrogens is 362 g/mol. The average Bonchev–Trinajstić information content (AvgIpc) is 3.09. The number of hydrogen-bond donors (Lipinski definition) is 2. The topological polar surface area (TPSA) is 80.3 Å². The van der Waals surface area contributed by atoms with E-state index in [4.69, 9.17) is 4.74 Å². The van der Waals surface area contributed by atoms with Gasteiger partial charge in [0.25, 0.3) is 5.91 Å². The minimum atomic E-state index is -0.553. The average molecular weight is 381 g/mol. The van der Waals surface area contributed by atoms with Gasteiger partial charge in [0.15, 0.2) is 0 Å². The Kier molecular flexibility index (Phi) is 5.83. The molecule has 0 spiro atoms. The third kappa shape index (κ3) is 4.92. The Morgan fingerprint density at radius 1 is 1.07 bits per heavy atom. The molecule has 0 aliphatic heterocycles. The molecule has 6 nitrogen and oxygen atoms in total. The lowest BCUT2D eigenvalue weighted by molar-refractivity contribution is 0.102. The van der Waals surface area contributed by atoms with Crippen molar-refractivity contribution in [3.05, 3.63) is 64.5 Å². The Balaban J connectivity index is 1.67. The summed E-state index contributed by atoms with van der Waals surface area (Å²) >= 11 is 1.60. The Labute approximate surface area is 161 Å². The number of aryl methyl sites for hydroxylation is 1. The lowest BCUT2D eigenvalue weighted by Crippen LogP contribution is -2.15. The third-order valence-electron chi connectivity index (χ3n) is 3.70. The minimum Gasteiger partial charge on any atom is -0.450 e. The van der Waals surface area contributed by atoms with E-state index in [1.807, 2.05) is 36.6 Å². The quantitative estimate of drug-likeness (QED) is 0.656. The Morgan fingerprint density at radius 2 is 1.85 bits per heavy atom. The number of carbonyl (C=O) groups excluding carboxylic acids is 2. The molecule has 0 atom stereocenters. The number of aromatic nitrogens is 1. The van der Waals surface area contributed by atoms with E-state index in [0.29, 0.717) is 16.9 Å². The van der Waals surface area contributed by atoms with Gasteiger partial charge < -0.3 is 10.1 Å². The van der Waals surface area contributed by atoms with Crippen LogP contribution in [0.5, 0.6) is 0 Å². The molecule has 2 N–H and O–H groups in total. The number of thiazole rings is 1. The van der Waals surface area contributed by atoms with Crippen LogP contribution in [0.3, 0.4) is 0 Å². The molecule has 2 amide bonds. The van der Waals surface area contributed by atoms with E-state index < -0.39 is 6.09 Å². The Hall–Kier alpha value is -3.19. The van der Waals surface area contributed by atoms with Crippen molar-refractivity contribution in [1.82, 2.24) is 4.98 Å². The first kappa shape index (κ1) is 18.6. The van der Waals surface area contributed by atoms with E-state index in [1.54, 1.807) is 42.5 Å². The molecule has 1 aromatic heterocycles. The van der Waals surface area contributed by atoms with Crippen LogP contribution < -0.4 is 10.6 Å². The van der Waals surface area contributed by atoms with E-state index in [-0.39, 0.29) is 12.5 Å². The lowest BCUT2D eigenvalue weighted by atomic mass is 10.1. The molecule has 0 unspecified atom stereocenters. The zero-order valence-electron chi connectivity index (χ0n) is 15.0. The molecule has 3 aromatic rings. The maximum atomic E-state index is 12.5. The first-order chi connectivity index (χ1) is 13.0. The van der Waals surface area contributed by atoms with Gasteiger partial charge in [-0.05, 0) is 44.2 Å². The molecule has 0 aliphatic rings. The SMILES string of the molecule is CCOC(=O)Nc1cccc(C(=O)Nc2ccc(-c3csc(C)n3)cc2)c1. The van der Waals surface area contributed by atoms with Gasteiger partial charge in [-0.2, -0.15) is 0 Å². The summed E-state index contributed by atoms with van der Waals surface area (Å²) in [4.78, 5) is 28.4. The zero-order chi connectivity index (χ0) is 19.2. The zero-order valence-corrected chi connectivity index (χ0v) is 15.8. The van der Waals surface area contributed by atoms with Crippen LogP contribution in [0.1, 0.15) is 22.3 Å². The third-order valence-corrected chi connectivity index (χ3v) is 4.48. The fourth-order valence-corrected chi connectivity index (χ4v) is 3.07. The van der Waals surface area contributed by atoms with Crippen LogP contribution in [-0.2, 0) is 4.74 Å². The summed E-state index contributed by atoms with van der Waals surface area (Å²) in [5, 5.41) is 8.45. The van der Waals surface area contributed by atoms with Crippen molar-refractivity contribution in [2.24, 2.45) is 0 Å². The maximum absolute atomic E-state index is 12.5. The highest BCUT2D eigenvalue weighted by atomic mass is 32.1. The highest BCUT2D eigenvalue weighted by molar-refractivity contribution is 7.09. The predicted octanol–water partition coefficient (Wildman–Crippen LogP) is 4.94. The summed E-state index contributed by atoms with van der Waals surface area (Å²) in [6, 6.07) is 14.2. The molecule has 3 rings (SSSR count). The molecule has 0 radical (unpaired) electrons. The van der Waals surface area contributed by atoms with Crippen LogP contribution >= 0.6 is 11.3 Å². The summed E-state index contributed by atoms with van der Waals surface area (Å²) in [7, 11) is 0. The van der Waals surface area contributed by atoms with Crippen molar-refractivity contribution in [3.8, 4) is 11.3 Å². The van der Waals surface area contributed by atoms with Crippen molar-refractivity contribution in [3.63, 3.8) is 0 Å². The van der Waals surface area contributed by atoms with Gasteiger partial charge in [0.2, 0.25) is 0 Å². The molecule has 7 heteroatoms. The number of rotatable bonds is 5. The normalized spacial score (nSPS) is 10.3. The van der Waals surface area contributed by atoms with Crippen molar-refractivity contribution in [1.29, 1.82) is 0 Å². The van der Waals surface area contributed by atoms with Crippen LogP contribution in [0.15, 0.2) is 53.9 Å². The number of nitrogens with one attached hydrogen (secondary N) is 2. The van der Waals surface area contributed by atoms with Gasteiger partial charge in [0.05, 0.1) is 17.3 Å². The molecule has 0 saturated carbocycles. The second kappa shape index (κ2) is 8.46. The molecule has 0 aliphatic carbocycles. The van der Waals surface area contributed by atoms with E-state index in [0.717, 1.165) is 16.3 Å². The summed E-state index contributed by atoms with van der Waals surface area (Å²) in [6.07, 6.45) is -0.553. The van der Waals surface area contributed by atoms with Crippen LogP contribution in [0.4, 0.5) is 16.2 Å². The first-order valence-electron chi connectivity index (χ1n) is 8.43. The number of nitrogens with zero attached hydrogens (tertiary/aromatic N) is 1. The van der Waals surface area contributed by atoms with Crippen LogP contribution in [0.25, 0.3) is 11.3 Å². The van der Waals surface area contributed by atoms with Gasteiger partial charge in [-0.1, -0.05) is 18.2 Å². The lowest BCUT2D eigenvalue weighted by Gasteiger charge is -2.09. The standard InChI is InChI=1S/C20H19N3O3S/c1-3-26-20(25)23-17-6-4-5-15(11-17)19(24)22-16-9-7-14(8-10-16)18-12-27-13(2)21-18/h4-12H,3H2,1-2H3,(H,22,24)(H,23,25). The molecule has 2 aromatic carbocycles. The minimum absolute atomic E-state index is 0.264. The molecule has 0 bridgehead atoms.